The Morgan fingerprint density at radius 1 is 1.07 bits per heavy atom. The van der Waals surface area contributed by atoms with E-state index in [0.29, 0.717) is 11.7 Å². The standard InChI is InChI=1S/C21H23N5O2S/c1-28-18-7-3-2-6-17(18)25-10-12-26(13-11-25)21-23-16(14-19(27)24-21)15-29-20-8-4-5-9-22-20/h2-9,14H,10-13,15H2,1H3,(H,23,24,27). The molecule has 3 heterocycles. The molecule has 4 rings (SSSR count). The largest absolute Gasteiger partial charge is 0.495 e. The van der Waals surface area contributed by atoms with E-state index in [1.54, 1.807) is 31.1 Å². The number of anilines is 2. The third kappa shape index (κ3) is 4.71. The number of methoxy groups -OCH3 is 1. The molecule has 1 saturated heterocycles. The minimum Gasteiger partial charge on any atom is -0.495 e. The van der Waals surface area contributed by atoms with Crippen LogP contribution >= 0.6 is 11.8 Å². The van der Waals surface area contributed by atoms with E-state index in [0.717, 1.165) is 48.3 Å². The van der Waals surface area contributed by atoms with Crippen molar-refractivity contribution in [2.45, 2.75) is 10.8 Å². The van der Waals surface area contributed by atoms with Crippen LogP contribution in [0.2, 0.25) is 0 Å². The minimum atomic E-state index is -0.126. The van der Waals surface area contributed by atoms with E-state index in [-0.39, 0.29) is 5.56 Å². The number of thioether (sulfide) groups is 1. The lowest BCUT2D eigenvalue weighted by molar-refractivity contribution is 0.413. The van der Waals surface area contributed by atoms with Crippen LogP contribution in [0.4, 0.5) is 11.6 Å². The fourth-order valence-electron chi connectivity index (χ4n) is 3.35. The Kier molecular flexibility index (Phi) is 6.00. The Morgan fingerprint density at radius 3 is 2.59 bits per heavy atom. The number of nitrogens with one attached hydrogen (secondary N) is 1. The smallest absolute Gasteiger partial charge is 0.252 e. The number of piperazine rings is 1. The summed E-state index contributed by atoms with van der Waals surface area (Å²) >= 11 is 1.57. The number of para-hydroxylation sites is 2. The van der Waals surface area contributed by atoms with Crippen molar-refractivity contribution in [3.05, 3.63) is 70.8 Å². The molecule has 1 aromatic carbocycles. The number of pyridine rings is 1. The predicted octanol–water partition coefficient (Wildman–Crippen LogP) is 2.79. The van der Waals surface area contributed by atoms with Gasteiger partial charge < -0.3 is 14.5 Å². The van der Waals surface area contributed by atoms with Gasteiger partial charge in [0, 0.05) is 44.2 Å². The van der Waals surface area contributed by atoms with E-state index >= 15 is 0 Å². The van der Waals surface area contributed by atoms with Gasteiger partial charge in [0.2, 0.25) is 5.95 Å². The zero-order valence-corrected chi connectivity index (χ0v) is 17.1. The van der Waals surface area contributed by atoms with E-state index in [1.165, 1.54) is 0 Å². The fourth-order valence-corrected chi connectivity index (χ4v) is 4.10. The summed E-state index contributed by atoms with van der Waals surface area (Å²) in [6.45, 7) is 3.21. The van der Waals surface area contributed by atoms with E-state index in [4.69, 9.17) is 4.74 Å². The summed E-state index contributed by atoms with van der Waals surface area (Å²) in [5.74, 6) is 2.12. The Hall–Kier alpha value is -3.00. The summed E-state index contributed by atoms with van der Waals surface area (Å²) in [5, 5.41) is 0.918. The van der Waals surface area contributed by atoms with Crippen molar-refractivity contribution in [3.63, 3.8) is 0 Å². The van der Waals surface area contributed by atoms with Gasteiger partial charge in [-0.25, -0.2) is 9.97 Å². The van der Waals surface area contributed by atoms with Gasteiger partial charge in [-0.15, -0.1) is 11.8 Å². The van der Waals surface area contributed by atoms with Gasteiger partial charge in [0.25, 0.3) is 5.56 Å². The second kappa shape index (κ2) is 9.00. The molecule has 0 aliphatic carbocycles. The quantitative estimate of drug-likeness (QED) is 0.628. The van der Waals surface area contributed by atoms with Crippen LogP contribution in [-0.2, 0) is 5.75 Å². The zero-order valence-electron chi connectivity index (χ0n) is 16.2. The number of hydrogen-bond donors (Lipinski definition) is 1. The molecule has 8 heteroatoms. The zero-order chi connectivity index (χ0) is 20.1. The van der Waals surface area contributed by atoms with E-state index < -0.39 is 0 Å². The molecule has 1 fully saturated rings. The van der Waals surface area contributed by atoms with Crippen LogP contribution < -0.4 is 20.1 Å². The first-order valence-corrected chi connectivity index (χ1v) is 10.5. The number of nitrogens with zero attached hydrogens (tertiary/aromatic N) is 4. The van der Waals surface area contributed by atoms with Gasteiger partial charge in [-0.05, 0) is 24.3 Å². The number of aromatic nitrogens is 3. The minimum absolute atomic E-state index is 0.126. The maximum Gasteiger partial charge on any atom is 0.252 e. The third-order valence-corrected chi connectivity index (χ3v) is 5.77. The van der Waals surface area contributed by atoms with Crippen molar-refractivity contribution in [2.75, 3.05) is 43.1 Å². The Morgan fingerprint density at radius 2 is 1.83 bits per heavy atom. The lowest BCUT2D eigenvalue weighted by Crippen LogP contribution is -2.47. The summed E-state index contributed by atoms with van der Waals surface area (Å²) in [4.78, 5) is 28.5. The lowest BCUT2D eigenvalue weighted by atomic mass is 10.2. The van der Waals surface area contributed by atoms with Crippen LogP contribution in [0, 0.1) is 0 Å². The molecule has 2 aromatic heterocycles. The Bertz CT molecular complexity index is 1000. The molecule has 1 aliphatic heterocycles. The average molecular weight is 410 g/mol. The number of benzene rings is 1. The van der Waals surface area contributed by atoms with Crippen LogP contribution in [0.15, 0.2) is 64.5 Å². The first kappa shape index (κ1) is 19.3. The number of H-pyrrole nitrogens is 1. The molecule has 0 unspecified atom stereocenters. The highest BCUT2D eigenvalue weighted by Gasteiger charge is 2.21. The topological polar surface area (TPSA) is 74.3 Å². The van der Waals surface area contributed by atoms with Crippen LogP contribution in [0.25, 0.3) is 0 Å². The maximum atomic E-state index is 12.2. The summed E-state index contributed by atoms with van der Waals surface area (Å²) in [7, 11) is 1.69. The van der Waals surface area contributed by atoms with E-state index in [1.807, 2.05) is 36.4 Å². The monoisotopic (exact) mass is 409 g/mol. The van der Waals surface area contributed by atoms with Crippen molar-refractivity contribution in [3.8, 4) is 5.75 Å². The van der Waals surface area contributed by atoms with Crippen molar-refractivity contribution < 1.29 is 4.74 Å². The summed E-state index contributed by atoms with van der Waals surface area (Å²) in [6, 6.07) is 15.4. The third-order valence-electron chi connectivity index (χ3n) is 4.79. The number of rotatable bonds is 6. The first-order valence-electron chi connectivity index (χ1n) is 9.50. The molecule has 0 atom stereocenters. The second-order valence-corrected chi connectivity index (χ2v) is 7.66. The number of hydrogen-bond acceptors (Lipinski definition) is 7. The summed E-state index contributed by atoms with van der Waals surface area (Å²) < 4.78 is 5.48. The van der Waals surface area contributed by atoms with Gasteiger partial charge in [-0.3, -0.25) is 9.78 Å². The Labute approximate surface area is 173 Å². The number of aromatic amines is 1. The van der Waals surface area contributed by atoms with Gasteiger partial charge in [-0.2, -0.15) is 0 Å². The molecule has 0 saturated carbocycles. The predicted molar refractivity (Wildman–Crippen MR) is 116 cm³/mol. The van der Waals surface area contributed by atoms with Gasteiger partial charge >= 0.3 is 0 Å². The molecule has 0 bridgehead atoms. The molecule has 1 aliphatic rings. The lowest BCUT2D eigenvalue weighted by Gasteiger charge is -2.36. The molecule has 150 valence electrons. The van der Waals surface area contributed by atoms with Gasteiger partial charge in [0.05, 0.1) is 23.5 Å². The molecule has 0 radical (unpaired) electrons. The van der Waals surface area contributed by atoms with Crippen molar-refractivity contribution in [1.82, 2.24) is 15.0 Å². The highest BCUT2D eigenvalue weighted by molar-refractivity contribution is 7.98. The molecule has 3 aromatic rings. The highest BCUT2D eigenvalue weighted by Crippen LogP contribution is 2.28. The number of ether oxygens (including phenoxy) is 1. The maximum absolute atomic E-state index is 12.2. The summed E-state index contributed by atoms with van der Waals surface area (Å²) in [5.41, 5.74) is 1.72. The summed E-state index contributed by atoms with van der Waals surface area (Å²) in [6.07, 6.45) is 1.76. The van der Waals surface area contributed by atoms with Gasteiger partial charge in [-0.1, -0.05) is 18.2 Å². The average Bonchev–Trinajstić information content (AvgIpc) is 2.78. The highest BCUT2D eigenvalue weighted by atomic mass is 32.2. The van der Waals surface area contributed by atoms with Crippen LogP contribution in [0.3, 0.4) is 0 Å². The van der Waals surface area contributed by atoms with Crippen molar-refractivity contribution in [2.24, 2.45) is 0 Å². The van der Waals surface area contributed by atoms with E-state index in [9.17, 15) is 4.79 Å². The molecular formula is C21H23N5O2S. The second-order valence-electron chi connectivity index (χ2n) is 6.66. The first-order chi connectivity index (χ1) is 14.2. The van der Waals surface area contributed by atoms with Crippen molar-refractivity contribution in [1.29, 1.82) is 0 Å². The van der Waals surface area contributed by atoms with E-state index in [2.05, 4.69) is 30.8 Å². The molecule has 1 N–H and O–H groups in total. The van der Waals surface area contributed by atoms with Crippen molar-refractivity contribution >= 4 is 23.4 Å². The van der Waals surface area contributed by atoms with Crippen LogP contribution in [-0.4, -0.2) is 48.2 Å². The normalized spacial score (nSPS) is 14.1. The molecular weight excluding hydrogens is 386 g/mol. The molecule has 0 spiro atoms. The van der Waals surface area contributed by atoms with Crippen LogP contribution in [0.1, 0.15) is 5.69 Å². The Balaban J connectivity index is 1.43. The van der Waals surface area contributed by atoms with Gasteiger partial charge in [0.1, 0.15) is 5.75 Å². The molecule has 0 amide bonds. The fraction of sp³-hybridized carbons (Fsp3) is 0.286. The SMILES string of the molecule is COc1ccccc1N1CCN(c2nc(CSc3ccccn3)cc(=O)[nH]2)CC1. The van der Waals surface area contributed by atoms with Crippen LogP contribution in [0.5, 0.6) is 5.75 Å². The molecule has 29 heavy (non-hydrogen) atoms. The van der Waals surface area contributed by atoms with Gasteiger partial charge in [0.15, 0.2) is 0 Å². The molecule has 7 nitrogen and oxygen atoms in total.